The fourth-order valence-corrected chi connectivity index (χ4v) is 2.86. The lowest BCUT2D eigenvalue weighted by Crippen LogP contribution is -2.21. The lowest BCUT2D eigenvalue weighted by atomic mass is 9.95. The van der Waals surface area contributed by atoms with Gasteiger partial charge in [-0.15, -0.1) is 0 Å². The molecule has 1 aromatic rings. The summed E-state index contributed by atoms with van der Waals surface area (Å²) in [5.41, 5.74) is 2.94. The number of benzene rings is 1. The summed E-state index contributed by atoms with van der Waals surface area (Å²) in [5.74, 6) is 2.36. The van der Waals surface area contributed by atoms with Crippen LogP contribution in [0.5, 0.6) is 0 Å². The summed E-state index contributed by atoms with van der Waals surface area (Å²) in [6.07, 6.45) is 1.38. The van der Waals surface area contributed by atoms with Crippen molar-refractivity contribution in [3.8, 4) is 0 Å². The van der Waals surface area contributed by atoms with E-state index in [2.05, 4.69) is 56.9 Å². The van der Waals surface area contributed by atoms with Crippen molar-refractivity contribution >= 4 is 0 Å². The highest BCUT2D eigenvalue weighted by molar-refractivity contribution is 5.25. The van der Waals surface area contributed by atoms with Gasteiger partial charge in [0.15, 0.2) is 0 Å². The minimum absolute atomic E-state index is 0.631. The van der Waals surface area contributed by atoms with Crippen molar-refractivity contribution in [2.45, 2.75) is 46.6 Å². The van der Waals surface area contributed by atoms with Crippen LogP contribution in [0.3, 0.4) is 0 Å². The maximum absolute atomic E-state index is 2.62. The summed E-state index contributed by atoms with van der Waals surface area (Å²) < 4.78 is 0. The maximum atomic E-state index is 2.62. The van der Waals surface area contributed by atoms with Gasteiger partial charge in [0.25, 0.3) is 0 Å². The summed E-state index contributed by atoms with van der Waals surface area (Å²) in [4.78, 5) is 2.62. The molecule has 18 heavy (non-hydrogen) atoms. The van der Waals surface area contributed by atoms with E-state index in [-0.39, 0.29) is 0 Å². The Kier molecular flexibility index (Phi) is 4.45. The topological polar surface area (TPSA) is 3.24 Å². The van der Waals surface area contributed by atoms with E-state index in [1.807, 2.05) is 0 Å². The molecule has 100 valence electrons. The molecule has 0 aliphatic carbocycles. The second kappa shape index (κ2) is 5.88. The molecule has 1 heterocycles. The van der Waals surface area contributed by atoms with Crippen molar-refractivity contribution in [2.75, 3.05) is 13.1 Å². The predicted octanol–water partition coefficient (Wildman–Crippen LogP) is 4.29. The molecule has 1 saturated heterocycles. The van der Waals surface area contributed by atoms with Crippen LogP contribution in [-0.4, -0.2) is 18.0 Å². The van der Waals surface area contributed by atoms with E-state index in [0.717, 1.165) is 18.4 Å². The fraction of sp³-hybridized carbons (Fsp3) is 0.647. The summed E-state index contributed by atoms with van der Waals surface area (Å²) in [5, 5.41) is 0. The molecule has 1 heteroatoms. The average molecular weight is 245 g/mol. The molecule has 1 atom stereocenters. The van der Waals surface area contributed by atoms with Gasteiger partial charge in [-0.3, -0.25) is 4.90 Å². The molecule has 1 aliphatic rings. The van der Waals surface area contributed by atoms with Gasteiger partial charge in [0.2, 0.25) is 0 Å². The van der Waals surface area contributed by atoms with Gasteiger partial charge in [-0.2, -0.15) is 0 Å². The summed E-state index contributed by atoms with van der Waals surface area (Å²) in [6, 6.07) is 9.11. The van der Waals surface area contributed by atoms with Gasteiger partial charge in [0, 0.05) is 13.1 Å². The van der Waals surface area contributed by atoms with Crippen LogP contribution in [-0.2, 0) is 6.54 Å². The van der Waals surface area contributed by atoms with Crippen LogP contribution >= 0.6 is 0 Å². The normalized spacial score (nSPS) is 21.1. The van der Waals surface area contributed by atoms with Gasteiger partial charge >= 0.3 is 0 Å². The van der Waals surface area contributed by atoms with E-state index >= 15 is 0 Å². The zero-order valence-electron chi connectivity index (χ0n) is 12.3. The van der Waals surface area contributed by atoms with Crippen LogP contribution < -0.4 is 0 Å². The second-order valence-corrected chi connectivity index (χ2v) is 6.43. The Bertz CT molecular complexity index is 381. The Labute approximate surface area is 112 Å². The highest BCUT2D eigenvalue weighted by Gasteiger charge is 2.24. The number of hydrogen-bond donors (Lipinski definition) is 0. The molecule has 1 aliphatic heterocycles. The number of nitrogens with zero attached hydrogens (tertiary/aromatic N) is 1. The van der Waals surface area contributed by atoms with E-state index in [1.165, 1.54) is 30.6 Å². The maximum Gasteiger partial charge on any atom is 0.0233 e. The Morgan fingerprint density at radius 2 is 2.00 bits per heavy atom. The van der Waals surface area contributed by atoms with Crippen LogP contribution in [0.25, 0.3) is 0 Å². The van der Waals surface area contributed by atoms with Crippen molar-refractivity contribution in [1.29, 1.82) is 0 Å². The molecule has 0 amide bonds. The SMILES string of the molecule is CC(C)c1cccc(CN2CCC(C(C)C)C2)c1. The van der Waals surface area contributed by atoms with Gasteiger partial charge in [-0.05, 0) is 41.8 Å². The largest absolute Gasteiger partial charge is 0.299 e. The first-order valence-electron chi connectivity index (χ1n) is 7.37. The third-order valence-corrected chi connectivity index (χ3v) is 4.28. The van der Waals surface area contributed by atoms with Crippen molar-refractivity contribution in [2.24, 2.45) is 11.8 Å². The Morgan fingerprint density at radius 1 is 1.22 bits per heavy atom. The smallest absolute Gasteiger partial charge is 0.0233 e. The van der Waals surface area contributed by atoms with Crippen molar-refractivity contribution in [1.82, 2.24) is 4.90 Å². The van der Waals surface area contributed by atoms with E-state index in [4.69, 9.17) is 0 Å². The molecular formula is C17H27N. The van der Waals surface area contributed by atoms with E-state index < -0.39 is 0 Å². The summed E-state index contributed by atoms with van der Waals surface area (Å²) >= 11 is 0. The lowest BCUT2D eigenvalue weighted by Gasteiger charge is -2.18. The molecule has 1 aromatic carbocycles. The number of likely N-dealkylation sites (tertiary alicyclic amines) is 1. The first-order valence-corrected chi connectivity index (χ1v) is 7.37. The molecule has 0 bridgehead atoms. The highest BCUT2D eigenvalue weighted by Crippen LogP contribution is 2.25. The number of rotatable bonds is 4. The Hall–Kier alpha value is -0.820. The van der Waals surface area contributed by atoms with Crippen LogP contribution in [0.4, 0.5) is 0 Å². The van der Waals surface area contributed by atoms with E-state index in [9.17, 15) is 0 Å². The van der Waals surface area contributed by atoms with Crippen LogP contribution in [0.1, 0.15) is 51.2 Å². The third-order valence-electron chi connectivity index (χ3n) is 4.28. The van der Waals surface area contributed by atoms with Gasteiger partial charge in [-0.1, -0.05) is 52.0 Å². The van der Waals surface area contributed by atoms with Crippen molar-refractivity contribution in [3.05, 3.63) is 35.4 Å². The monoisotopic (exact) mass is 245 g/mol. The van der Waals surface area contributed by atoms with Crippen molar-refractivity contribution in [3.63, 3.8) is 0 Å². The molecular weight excluding hydrogens is 218 g/mol. The highest BCUT2D eigenvalue weighted by atomic mass is 15.1. The van der Waals surface area contributed by atoms with Crippen molar-refractivity contribution < 1.29 is 0 Å². The second-order valence-electron chi connectivity index (χ2n) is 6.43. The molecule has 0 spiro atoms. The molecule has 0 aromatic heterocycles. The quantitative estimate of drug-likeness (QED) is 0.765. The molecule has 0 radical (unpaired) electrons. The minimum atomic E-state index is 0.631. The predicted molar refractivity (Wildman–Crippen MR) is 78.8 cm³/mol. The first-order chi connectivity index (χ1) is 8.56. The van der Waals surface area contributed by atoms with Crippen LogP contribution in [0.2, 0.25) is 0 Å². The zero-order valence-corrected chi connectivity index (χ0v) is 12.3. The molecule has 0 saturated carbocycles. The number of hydrogen-bond acceptors (Lipinski definition) is 1. The Morgan fingerprint density at radius 3 is 2.61 bits per heavy atom. The van der Waals surface area contributed by atoms with Gasteiger partial charge in [-0.25, -0.2) is 0 Å². The Balaban J connectivity index is 1.96. The van der Waals surface area contributed by atoms with Crippen LogP contribution in [0.15, 0.2) is 24.3 Å². The summed E-state index contributed by atoms with van der Waals surface area (Å²) in [7, 11) is 0. The van der Waals surface area contributed by atoms with Gasteiger partial charge in [0.1, 0.15) is 0 Å². The average Bonchev–Trinajstić information content (AvgIpc) is 2.78. The summed E-state index contributed by atoms with van der Waals surface area (Å²) in [6.45, 7) is 12.9. The molecule has 2 rings (SSSR count). The minimum Gasteiger partial charge on any atom is -0.299 e. The fourth-order valence-electron chi connectivity index (χ4n) is 2.86. The third kappa shape index (κ3) is 3.35. The van der Waals surface area contributed by atoms with Gasteiger partial charge < -0.3 is 0 Å². The van der Waals surface area contributed by atoms with Gasteiger partial charge in [0.05, 0.1) is 0 Å². The molecule has 1 fully saturated rings. The van der Waals surface area contributed by atoms with E-state index in [0.29, 0.717) is 5.92 Å². The molecule has 0 N–H and O–H groups in total. The zero-order chi connectivity index (χ0) is 13.1. The first kappa shape index (κ1) is 13.6. The standard InChI is InChI=1S/C17H27N/c1-13(2)16-7-5-6-15(10-16)11-18-9-8-17(12-18)14(3)4/h5-7,10,13-14,17H,8-9,11-12H2,1-4H3. The molecule has 1 unspecified atom stereocenters. The van der Waals surface area contributed by atoms with E-state index in [1.54, 1.807) is 0 Å². The lowest BCUT2D eigenvalue weighted by molar-refractivity contribution is 0.297. The van der Waals surface area contributed by atoms with Crippen LogP contribution in [0, 0.1) is 11.8 Å². The molecule has 1 nitrogen and oxygen atoms in total.